The summed E-state index contributed by atoms with van der Waals surface area (Å²) in [5.74, 6) is -1.07. The molecule has 0 radical (unpaired) electrons. The number of nitrogens with one attached hydrogen (secondary N) is 2. The van der Waals surface area contributed by atoms with Crippen molar-refractivity contribution in [3.05, 3.63) is 94.8 Å². The molecule has 0 aliphatic carbocycles. The van der Waals surface area contributed by atoms with E-state index in [1.807, 2.05) is 42.5 Å². The van der Waals surface area contributed by atoms with Crippen molar-refractivity contribution in [1.82, 2.24) is 4.90 Å². The molecule has 0 bridgehead atoms. The maximum Gasteiger partial charge on any atom is 0.257 e. The number of piperidine rings is 1. The maximum atomic E-state index is 15.0. The number of ether oxygens (including phenoxy) is 1. The Kier molecular flexibility index (Phi) is 8.97. The van der Waals surface area contributed by atoms with E-state index in [-0.39, 0.29) is 22.8 Å². The van der Waals surface area contributed by atoms with Gasteiger partial charge in [0, 0.05) is 37.0 Å². The maximum absolute atomic E-state index is 15.0. The Labute approximate surface area is 248 Å². The van der Waals surface area contributed by atoms with E-state index >= 15 is 0 Å². The molecule has 2 saturated heterocycles. The Bertz CT molecular complexity index is 1390. The van der Waals surface area contributed by atoms with Crippen LogP contribution in [0.25, 0.3) is 0 Å². The monoisotopic (exact) mass is 571 g/mol. The molecule has 2 heterocycles. The number of amides is 2. The van der Waals surface area contributed by atoms with Crippen LogP contribution in [0.15, 0.2) is 66.7 Å². The summed E-state index contributed by atoms with van der Waals surface area (Å²) >= 11 is 0. The highest BCUT2D eigenvalue weighted by molar-refractivity contribution is 5.98. The third kappa shape index (κ3) is 6.67. The zero-order chi connectivity index (χ0) is 29.9. The smallest absolute Gasteiger partial charge is 0.257 e. The molecular weight excluding hydrogens is 529 g/mol. The molecule has 0 spiro atoms. The van der Waals surface area contributed by atoms with Gasteiger partial charge in [0.25, 0.3) is 5.91 Å². The Morgan fingerprint density at radius 2 is 1.76 bits per heavy atom. The van der Waals surface area contributed by atoms with E-state index in [0.717, 1.165) is 48.7 Å². The van der Waals surface area contributed by atoms with Gasteiger partial charge in [-0.1, -0.05) is 57.2 Å². The van der Waals surface area contributed by atoms with Gasteiger partial charge < -0.3 is 20.3 Å². The van der Waals surface area contributed by atoms with E-state index in [4.69, 9.17) is 4.74 Å². The first-order valence-corrected chi connectivity index (χ1v) is 15.0. The summed E-state index contributed by atoms with van der Waals surface area (Å²) in [6.45, 7) is 11.0. The highest BCUT2D eigenvalue weighted by atomic mass is 19.1. The third-order valence-electron chi connectivity index (χ3n) is 8.53. The summed E-state index contributed by atoms with van der Waals surface area (Å²) in [5.41, 5.74) is 4.28. The van der Waals surface area contributed by atoms with E-state index in [9.17, 15) is 14.0 Å². The molecule has 0 aromatic heterocycles. The minimum Gasteiger partial charge on any atom is -0.385 e. The number of hydrogen-bond acceptors (Lipinski definition) is 4. The molecular formula is C35H42FN3O3. The van der Waals surface area contributed by atoms with Crippen LogP contribution < -0.4 is 10.6 Å². The molecule has 6 nitrogen and oxygen atoms in total. The second-order valence-corrected chi connectivity index (χ2v) is 12.7. The van der Waals surface area contributed by atoms with Gasteiger partial charge in [-0.2, -0.15) is 0 Å². The van der Waals surface area contributed by atoms with Gasteiger partial charge in [-0.3, -0.25) is 9.59 Å². The number of nitrogens with zero attached hydrogens (tertiary/aromatic N) is 1. The van der Waals surface area contributed by atoms with Crippen molar-refractivity contribution >= 4 is 23.2 Å². The fraction of sp³-hybridized carbons (Fsp3) is 0.429. The zero-order valence-corrected chi connectivity index (χ0v) is 25.1. The van der Waals surface area contributed by atoms with E-state index < -0.39 is 17.8 Å². The quantitative estimate of drug-likeness (QED) is 0.317. The molecule has 222 valence electrons. The number of benzene rings is 3. The van der Waals surface area contributed by atoms with Gasteiger partial charge in [-0.15, -0.1) is 0 Å². The molecule has 3 aromatic rings. The van der Waals surface area contributed by atoms with Gasteiger partial charge >= 0.3 is 0 Å². The second kappa shape index (κ2) is 12.7. The Morgan fingerprint density at radius 3 is 2.45 bits per heavy atom. The summed E-state index contributed by atoms with van der Waals surface area (Å²) in [6, 6.07) is 20.0. The van der Waals surface area contributed by atoms with Gasteiger partial charge in [0.05, 0.1) is 24.1 Å². The number of halogens is 1. The molecule has 5 rings (SSSR count). The number of likely N-dealkylation sites (tertiary alicyclic amines) is 1. The topological polar surface area (TPSA) is 70.7 Å². The number of anilines is 2. The molecule has 2 fully saturated rings. The van der Waals surface area contributed by atoms with Crippen molar-refractivity contribution in [2.75, 3.05) is 36.9 Å². The predicted octanol–water partition coefficient (Wildman–Crippen LogP) is 7.11. The molecule has 3 atom stereocenters. The van der Waals surface area contributed by atoms with Gasteiger partial charge in [-0.25, -0.2) is 4.39 Å². The average Bonchev–Trinajstić information content (AvgIpc) is 3.49. The van der Waals surface area contributed by atoms with E-state index in [2.05, 4.69) is 37.5 Å². The standard InChI is InChI=1S/C35H42FN3O3/c1-23-8-5-12-30(36)31(23)34(41)39-18-7-11-29(33(40)38-28-10-6-9-26(20-28)35(2,3)4)32(39)25-13-15-27(16-14-25)37-21-24-17-19-42-22-24/h5-6,8-10,12-16,20,24,29,32,37H,7,11,17-19,21-22H2,1-4H3,(H,38,40)/t24?,29-,32-/m0/s1. The highest BCUT2D eigenvalue weighted by Gasteiger charge is 2.40. The summed E-state index contributed by atoms with van der Waals surface area (Å²) in [5, 5.41) is 6.62. The van der Waals surface area contributed by atoms with Crippen molar-refractivity contribution in [2.24, 2.45) is 11.8 Å². The Hall–Kier alpha value is -3.71. The molecule has 2 aliphatic rings. The van der Waals surface area contributed by atoms with E-state index in [0.29, 0.717) is 30.9 Å². The minimum absolute atomic E-state index is 0.0600. The van der Waals surface area contributed by atoms with Gasteiger partial charge in [0.2, 0.25) is 5.91 Å². The number of aryl methyl sites for hydroxylation is 1. The van der Waals surface area contributed by atoms with Crippen LogP contribution in [0, 0.1) is 24.6 Å². The van der Waals surface area contributed by atoms with Crippen molar-refractivity contribution in [3.8, 4) is 0 Å². The number of carbonyl (C=O) groups is 2. The number of hydrogen-bond donors (Lipinski definition) is 2. The van der Waals surface area contributed by atoms with Crippen LogP contribution in [0.1, 0.15) is 73.1 Å². The zero-order valence-electron chi connectivity index (χ0n) is 25.1. The fourth-order valence-corrected chi connectivity index (χ4v) is 6.06. The first-order chi connectivity index (χ1) is 20.1. The molecule has 2 aliphatic heterocycles. The fourth-order valence-electron chi connectivity index (χ4n) is 6.06. The second-order valence-electron chi connectivity index (χ2n) is 12.7. The average molecular weight is 572 g/mol. The minimum atomic E-state index is -0.542. The molecule has 42 heavy (non-hydrogen) atoms. The normalized spacial score (nSPS) is 20.8. The van der Waals surface area contributed by atoms with Crippen molar-refractivity contribution in [2.45, 2.75) is 58.4 Å². The van der Waals surface area contributed by atoms with Crippen LogP contribution >= 0.6 is 0 Å². The summed E-state index contributed by atoms with van der Waals surface area (Å²) < 4.78 is 20.5. The van der Waals surface area contributed by atoms with Crippen LogP contribution in [0.5, 0.6) is 0 Å². The molecule has 1 unspecified atom stereocenters. The summed E-state index contributed by atoms with van der Waals surface area (Å²) in [7, 11) is 0. The lowest BCUT2D eigenvalue weighted by atomic mass is 9.83. The Balaban J connectivity index is 1.44. The van der Waals surface area contributed by atoms with Crippen LogP contribution in [0.2, 0.25) is 0 Å². The predicted molar refractivity (Wildman–Crippen MR) is 165 cm³/mol. The third-order valence-corrected chi connectivity index (χ3v) is 8.53. The lowest BCUT2D eigenvalue weighted by Crippen LogP contribution is -2.46. The van der Waals surface area contributed by atoms with Crippen molar-refractivity contribution in [1.29, 1.82) is 0 Å². The summed E-state index contributed by atoms with van der Waals surface area (Å²) in [6.07, 6.45) is 2.32. The molecule has 2 N–H and O–H groups in total. The van der Waals surface area contributed by atoms with Crippen molar-refractivity contribution in [3.63, 3.8) is 0 Å². The van der Waals surface area contributed by atoms with Crippen LogP contribution in [-0.2, 0) is 14.9 Å². The molecule has 0 saturated carbocycles. The molecule has 3 aromatic carbocycles. The Morgan fingerprint density at radius 1 is 1.00 bits per heavy atom. The van der Waals surface area contributed by atoms with E-state index in [1.165, 1.54) is 6.07 Å². The van der Waals surface area contributed by atoms with Gasteiger partial charge in [-0.05, 0) is 78.6 Å². The van der Waals surface area contributed by atoms with Crippen LogP contribution in [-0.4, -0.2) is 43.0 Å². The van der Waals surface area contributed by atoms with E-state index in [1.54, 1.807) is 24.0 Å². The van der Waals surface area contributed by atoms with Gasteiger partial charge in [0.15, 0.2) is 0 Å². The van der Waals surface area contributed by atoms with Crippen LogP contribution in [0.3, 0.4) is 0 Å². The van der Waals surface area contributed by atoms with Crippen LogP contribution in [0.4, 0.5) is 15.8 Å². The lowest BCUT2D eigenvalue weighted by Gasteiger charge is -2.41. The highest BCUT2D eigenvalue weighted by Crippen LogP contribution is 2.39. The SMILES string of the molecule is Cc1cccc(F)c1C(=O)N1CCC[C@H](C(=O)Nc2cccc(C(C)(C)C)c2)[C@@H]1c1ccc(NCC2CCOC2)cc1. The summed E-state index contributed by atoms with van der Waals surface area (Å²) in [4.78, 5) is 29.6. The first-order valence-electron chi connectivity index (χ1n) is 15.0. The first kappa shape index (κ1) is 29.8. The molecule has 7 heteroatoms. The number of rotatable bonds is 7. The largest absolute Gasteiger partial charge is 0.385 e. The van der Waals surface area contributed by atoms with Crippen molar-refractivity contribution < 1.29 is 18.7 Å². The number of carbonyl (C=O) groups excluding carboxylic acids is 2. The molecule has 2 amide bonds. The van der Waals surface area contributed by atoms with Gasteiger partial charge in [0.1, 0.15) is 5.82 Å². The lowest BCUT2D eigenvalue weighted by molar-refractivity contribution is -0.123.